The smallest absolute Gasteiger partial charge is 0.156 e. The zero-order valence-corrected chi connectivity index (χ0v) is 13.7. The lowest BCUT2D eigenvalue weighted by molar-refractivity contribution is 0.338. The lowest BCUT2D eigenvalue weighted by atomic mass is 9.89. The van der Waals surface area contributed by atoms with Gasteiger partial charge in [0, 0.05) is 11.6 Å². The van der Waals surface area contributed by atoms with E-state index in [1.165, 1.54) is 32.1 Å². The third-order valence-electron chi connectivity index (χ3n) is 3.60. The second kappa shape index (κ2) is 7.39. The highest BCUT2D eigenvalue weighted by Crippen LogP contribution is 2.37. The van der Waals surface area contributed by atoms with Crippen LogP contribution in [0.1, 0.15) is 39.0 Å². The van der Waals surface area contributed by atoms with Crippen molar-refractivity contribution < 1.29 is 4.74 Å². The molecular weight excluding hydrogens is 326 g/mol. The number of anilines is 1. The van der Waals surface area contributed by atoms with Crippen molar-refractivity contribution in [1.29, 1.82) is 0 Å². The average molecular weight is 347 g/mol. The van der Waals surface area contributed by atoms with Gasteiger partial charge in [0.05, 0.1) is 16.8 Å². The predicted octanol–water partition coefficient (Wildman–Crippen LogP) is 5.49. The van der Waals surface area contributed by atoms with Crippen molar-refractivity contribution in [1.82, 2.24) is 0 Å². The molecule has 0 amide bonds. The zero-order valence-electron chi connectivity index (χ0n) is 11.3. The van der Waals surface area contributed by atoms with Crippen LogP contribution in [-0.4, -0.2) is 13.2 Å². The quantitative estimate of drug-likeness (QED) is 0.760. The Morgan fingerprint density at radius 2 is 2.05 bits per heavy atom. The number of nitrogens with one attached hydrogen (secondary N) is 1. The molecule has 2 rings (SSSR count). The van der Waals surface area contributed by atoms with E-state index in [2.05, 4.69) is 21.2 Å². The fraction of sp³-hybridized carbons (Fsp3) is 0.600. The summed E-state index contributed by atoms with van der Waals surface area (Å²) in [5.74, 6) is 1.64. The molecule has 106 valence electrons. The molecular formula is C15H21BrClNO. The number of benzene rings is 1. The minimum Gasteiger partial charge on any atom is -0.491 e. The molecule has 1 aliphatic carbocycles. The first-order valence-corrected chi connectivity index (χ1v) is 8.23. The summed E-state index contributed by atoms with van der Waals surface area (Å²) < 4.78 is 6.60. The first-order valence-electron chi connectivity index (χ1n) is 7.06. The summed E-state index contributed by atoms with van der Waals surface area (Å²) in [6, 6.07) is 3.82. The van der Waals surface area contributed by atoms with Crippen molar-refractivity contribution in [3.05, 3.63) is 21.6 Å². The largest absolute Gasteiger partial charge is 0.491 e. The highest BCUT2D eigenvalue weighted by atomic mass is 79.9. The van der Waals surface area contributed by atoms with Crippen molar-refractivity contribution in [3.8, 4) is 5.75 Å². The van der Waals surface area contributed by atoms with Gasteiger partial charge in [0.2, 0.25) is 0 Å². The van der Waals surface area contributed by atoms with Gasteiger partial charge in [-0.05, 0) is 53.7 Å². The fourth-order valence-corrected chi connectivity index (χ4v) is 3.55. The average Bonchev–Trinajstić information content (AvgIpc) is 2.41. The maximum atomic E-state index is 6.12. The van der Waals surface area contributed by atoms with Crippen LogP contribution in [0, 0.1) is 5.92 Å². The van der Waals surface area contributed by atoms with E-state index < -0.39 is 0 Å². The molecule has 19 heavy (non-hydrogen) atoms. The maximum Gasteiger partial charge on any atom is 0.156 e. The molecule has 1 saturated carbocycles. The number of ether oxygens (including phenoxy) is 1. The molecule has 0 saturated heterocycles. The van der Waals surface area contributed by atoms with E-state index in [1.54, 1.807) is 0 Å². The molecule has 0 radical (unpaired) electrons. The Morgan fingerprint density at radius 3 is 2.74 bits per heavy atom. The van der Waals surface area contributed by atoms with E-state index in [-0.39, 0.29) is 0 Å². The van der Waals surface area contributed by atoms with Gasteiger partial charge >= 0.3 is 0 Å². The summed E-state index contributed by atoms with van der Waals surface area (Å²) in [5.41, 5.74) is 0.992. The van der Waals surface area contributed by atoms with E-state index in [9.17, 15) is 0 Å². The van der Waals surface area contributed by atoms with Crippen LogP contribution < -0.4 is 10.1 Å². The van der Waals surface area contributed by atoms with E-state index in [0.717, 1.165) is 33.4 Å². The van der Waals surface area contributed by atoms with E-state index >= 15 is 0 Å². The normalized spacial score (nSPS) is 16.4. The molecule has 1 aromatic rings. The van der Waals surface area contributed by atoms with Gasteiger partial charge in [0.15, 0.2) is 5.75 Å². The van der Waals surface area contributed by atoms with Gasteiger partial charge < -0.3 is 10.1 Å². The summed E-state index contributed by atoms with van der Waals surface area (Å²) in [5, 5.41) is 4.23. The lowest BCUT2D eigenvalue weighted by Crippen LogP contribution is -2.17. The van der Waals surface area contributed by atoms with Crippen molar-refractivity contribution in [2.45, 2.75) is 39.0 Å². The van der Waals surface area contributed by atoms with Gasteiger partial charge in [-0.25, -0.2) is 0 Å². The molecule has 0 heterocycles. The minimum absolute atomic E-state index is 0.651. The van der Waals surface area contributed by atoms with Gasteiger partial charge in [-0.1, -0.05) is 30.9 Å². The van der Waals surface area contributed by atoms with Gasteiger partial charge in [-0.15, -0.1) is 0 Å². The minimum atomic E-state index is 0.651. The van der Waals surface area contributed by atoms with Crippen LogP contribution in [0.5, 0.6) is 5.75 Å². The second-order valence-corrected chi connectivity index (χ2v) is 6.37. The van der Waals surface area contributed by atoms with E-state index in [4.69, 9.17) is 16.3 Å². The molecule has 4 heteroatoms. The van der Waals surface area contributed by atoms with Crippen molar-refractivity contribution >= 4 is 33.2 Å². The highest BCUT2D eigenvalue weighted by molar-refractivity contribution is 9.10. The SMILES string of the molecule is CCOc1c(Br)cc(Cl)cc1NCC1CCCCC1. The van der Waals surface area contributed by atoms with E-state index in [0.29, 0.717) is 6.61 Å². The lowest BCUT2D eigenvalue weighted by Gasteiger charge is -2.23. The van der Waals surface area contributed by atoms with Gasteiger partial charge in [0.25, 0.3) is 0 Å². The Bertz CT molecular complexity index is 419. The molecule has 0 spiro atoms. The number of halogens is 2. The van der Waals surface area contributed by atoms with Crippen molar-refractivity contribution in [2.75, 3.05) is 18.5 Å². The Balaban J connectivity index is 2.04. The third kappa shape index (κ3) is 4.28. The Kier molecular flexibility index (Phi) is 5.83. The van der Waals surface area contributed by atoms with Crippen LogP contribution in [0.4, 0.5) is 5.69 Å². The van der Waals surface area contributed by atoms with Crippen molar-refractivity contribution in [3.63, 3.8) is 0 Å². The molecule has 1 fully saturated rings. The highest BCUT2D eigenvalue weighted by Gasteiger charge is 2.15. The maximum absolute atomic E-state index is 6.12. The molecule has 1 N–H and O–H groups in total. The number of rotatable bonds is 5. The molecule has 1 aromatic carbocycles. The number of hydrogen-bond acceptors (Lipinski definition) is 2. The molecule has 0 bridgehead atoms. The molecule has 0 aromatic heterocycles. The molecule has 1 aliphatic rings. The summed E-state index contributed by atoms with van der Waals surface area (Å²) >= 11 is 9.63. The van der Waals surface area contributed by atoms with Gasteiger partial charge in [-0.2, -0.15) is 0 Å². The molecule has 0 unspecified atom stereocenters. The first kappa shape index (κ1) is 15.0. The molecule has 0 aliphatic heterocycles. The predicted molar refractivity (Wildman–Crippen MR) is 85.4 cm³/mol. The Labute approximate surface area is 129 Å². The third-order valence-corrected chi connectivity index (χ3v) is 4.41. The van der Waals surface area contributed by atoms with Crippen LogP contribution >= 0.6 is 27.5 Å². The Morgan fingerprint density at radius 1 is 1.32 bits per heavy atom. The summed E-state index contributed by atoms with van der Waals surface area (Å²) in [6.07, 6.45) is 6.79. The topological polar surface area (TPSA) is 21.3 Å². The summed E-state index contributed by atoms with van der Waals surface area (Å²) in [4.78, 5) is 0. The summed E-state index contributed by atoms with van der Waals surface area (Å²) in [6.45, 7) is 3.65. The number of hydrogen-bond donors (Lipinski definition) is 1. The standard InChI is InChI=1S/C15H21BrClNO/c1-2-19-15-13(16)8-12(17)9-14(15)18-10-11-6-4-3-5-7-11/h8-9,11,18H,2-7,10H2,1H3. The van der Waals surface area contributed by atoms with Crippen LogP contribution in [0.25, 0.3) is 0 Å². The van der Waals surface area contributed by atoms with Crippen LogP contribution in [-0.2, 0) is 0 Å². The summed E-state index contributed by atoms with van der Waals surface area (Å²) in [7, 11) is 0. The second-order valence-electron chi connectivity index (χ2n) is 5.08. The monoisotopic (exact) mass is 345 g/mol. The first-order chi connectivity index (χ1) is 9.20. The molecule has 0 atom stereocenters. The van der Waals surface area contributed by atoms with Gasteiger partial charge in [-0.3, -0.25) is 0 Å². The van der Waals surface area contributed by atoms with Crippen LogP contribution in [0.3, 0.4) is 0 Å². The van der Waals surface area contributed by atoms with E-state index in [1.807, 2.05) is 19.1 Å². The zero-order chi connectivity index (χ0) is 13.7. The molecule has 2 nitrogen and oxygen atoms in total. The van der Waals surface area contributed by atoms with Crippen LogP contribution in [0.15, 0.2) is 16.6 Å². The van der Waals surface area contributed by atoms with Gasteiger partial charge in [0.1, 0.15) is 0 Å². The van der Waals surface area contributed by atoms with Crippen molar-refractivity contribution in [2.24, 2.45) is 5.92 Å². The Hall–Kier alpha value is -0.410. The van der Waals surface area contributed by atoms with Crippen LogP contribution in [0.2, 0.25) is 5.02 Å². The fourth-order valence-electron chi connectivity index (χ4n) is 2.63.